The molecule has 3 aliphatic rings. The number of nitrogens with zero attached hydrogens (tertiary/aromatic N) is 3. The van der Waals surface area contributed by atoms with Gasteiger partial charge >= 0.3 is 0 Å². The first kappa shape index (κ1) is 22.0. The normalized spacial score (nSPS) is 20.7. The van der Waals surface area contributed by atoms with Crippen molar-refractivity contribution in [1.29, 1.82) is 0 Å². The van der Waals surface area contributed by atoms with Crippen LogP contribution in [0.3, 0.4) is 0 Å². The van der Waals surface area contributed by atoms with Gasteiger partial charge in [-0.25, -0.2) is 0 Å². The van der Waals surface area contributed by atoms with E-state index >= 15 is 0 Å². The zero-order valence-corrected chi connectivity index (χ0v) is 19.6. The van der Waals surface area contributed by atoms with Gasteiger partial charge in [0.15, 0.2) is 0 Å². The van der Waals surface area contributed by atoms with E-state index in [1.807, 2.05) is 17.0 Å². The maximum atomic E-state index is 13.3. The summed E-state index contributed by atoms with van der Waals surface area (Å²) < 4.78 is 0. The van der Waals surface area contributed by atoms with Crippen molar-refractivity contribution in [3.8, 4) is 0 Å². The third-order valence-electron chi connectivity index (χ3n) is 7.83. The van der Waals surface area contributed by atoms with Crippen LogP contribution in [0.2, 0.25) is 0 Å². The molecule has 2 saturated heterocycles. The molecule has 3 aliphatic heterocycles. The van der Waals surface area contributed by atoms with Crippen LogP contribution in [-0.2, 0) is 13.1 Å². The molecular formula is C27H34N4O2. The molecule has 0 spiro atoms. The summed E-state index contributed by atoms with van der Waals surface area (Å²) >= 11 is 0. The van der Waals surface area contributed by atoms with E-state index in [1.165, 1.54) is 30.5 Å². The molecule has 33 heavy (non-hydrogen) atoms. The summed E-state index contributed by atoms with van der Waals surface area (Å²) in [5.41, 5.74) is 9.79. The van der Waals surface area contributed by atoms with Gasteiger partial charge in [0.25, 0.3) is 5.91 Å². The van der Waals surface area contributed by atoms with Gasteiger partial charge in [-0.15, -0.1) is 0 Å². The molecule has 0 saturated carbocycles. The Morgan fingerprint density at radius 2 is 1.73 bits per heavy atom. The van der Waals surface area contributed by atoms with Crippen molar-refractivity contribution in [2.75, 3.05) is 31.1 Å². The number of rotatable bonds is 5. The highest BCUT2D eigenvalue weighted by atomic mass is 16.2. The number of amides is 2. The number of nitrogens with two attached hydrogens (primary N) is 1. The smallest absolute Gasteiger partial charge is 0.255 e. The predicted octanol–water partition coefficient (Wildman–Crippen LogP) is 3.79. The lowest BCUT2D eigenvalue weighted by atomic mass is 9.87. The van der Waals surface area contributed by atoms with Gasteiger partial charge in [-0.05, 0) is 68.4 Å². The van der Waals surface area contributed by atoms with Crippen molar-refractivity contribution < 1.29 is 9.59 Å². The van der Waals surface area contributed by atoms with Crippen LogP contribution in [-0.4, -0.2) is 53.3 Å². The lowest BCUT2D eigenvalue weighted by molar-refractivity contribution is 0.0267. The Morgan fingerprint density at radius 1 is 1.00 bits per heavy atom. The van der Waals surface area contributed by atoms with Crippen molar-refractivity contribution in [3.63, 3.8) is 0 Å². The van der Waals surface area contributed by atoms with Gasteiger partial charge in [0.1, 0.15) is 0 Å². The molecule has 0 radical (unpaired) electrons. The Morgan fingerprint density at radius 3 is 2.45 bits per heavy atom. The van der Waals surface area contributed by atoms with Crippen LogP contribution in [0, 0.1) is 0 Å². The molecule has 2 aromatic rings. The minimum absolute atomic E-state index is 0.0513. The molecule has 5 rings (SSSR count). The minimum Gasteiger partial charge on any atom is -0.372 e. The zero-order chi connectivity index (χ0) is 23.0. The highest BCUT2D eigenvalue weighted by Crippen LogP contribution is 2.37. The summed E-state index contributed by atoms with van der Waals surface area (Å²) in [5, 5.41) is 0. The molecule has 2 fully saturated rings. The number of piperidine rings is 2. The fourth-order valence-electron chi connectivity index (χ4n) is 5.73. The molecule has 0 aromatic heterocycles. The van der Waals surface area contributed by atoms with Crippen molar-refractivity contribution >= 4 is 17.5 Å². The Kier molecular flexibility index (Phi) is 5.87. The van der Waals surface area contributed by atoms with Crippen molar-refractivity contribution in [2.24, 2.45) is 5.73 Å². The summed E-state index contributed by atoms with van der Waals surface area (Å²) in [6, 6.07) is 14.4. The minimum atomic E-state index is -0.534. The van der Waals surface area contributed by atoms with E-state index in [4.69, 9.17) is 5.73 Å². The molecule has 0 unspecified atom stereocenters. The second-order valence-electron chi connectivity index (χ2n) is 10.1. The molecule has 174 valence electrons. The first-order chi connectivity index (χ1) is 15.9. The van der Waals surface area contributed by atoms with Crippen LogP contribution >= 0.6 is 0 Å². The molecule has 2 amide bonds. The van der Waals surface area contributed by atoms with Gasteiger partial charge in [0, 0.05) is 50.5 Å². The van der Waals surface area contributed by atoms with Crippen LogP contribution < -0.4 is 10.6 Å². The van der Waals surface area contributed by atoms with Crippen LogP contribution in [0.5, 0.6) is 0 Å². The van der Waals surface area contributed by atoms with E-state index in [-0.39, 0.29) is 11.4 Å². The number of primary amides is 1. The van der Waals surface area contributed by atoms with Crippen LogP contribution in [0.15, 0.2) is 42.5 Å². The molecule has 0 atom stereocenters. The van der Waals surface area contributed by atoms with Gasteiger partial charge in [0.05, 0.1) is 11.1 Å². The standard InChI is InChI=1S/C27H34N4O2/c1-27(31-19-21-8-6-10-23(25(28)32)24(21)26(31)33)11-15-29(16-12-27)18-20-7-5-9-22(17-20)30-13-3-2-4-14-30/h5-10,17H,2-4,11-16,18-19H2,1H3,(H2,28,32). The first-order valence-electron chi connectivity index (χ1n) is 12.2. The number of likely N-dealkylation sites (tertiary alicyclic amines) is 1. The number of fused-ring (bicyclic) bond motifs is 1. The molecule has 3 heterocycles. The Labute approximate surface area is 196 Å². The summed E-state index contributed by atoms with van der Waals surface area (Å²) in [7, 11) is 0. The van der Waals surface area contributed by atoms with Crippen molar-refractivity contribution in [3.05, 3.63) is 64.7 Å². The number of carbonyl (C=O) groups is 2. The topological polar surface area (TPSA) is 69.9 Å². The highest BCUT2D eigenvalue weighted by Gasteiger charge is 2.43. The molecule has 0 aliphatic carbocycles. The van der Waals surface area contributed by atoms with E-state index in [0.717, 1.165) is 51.1 Å². The summed E-state index contributed by atoms with van der Waals surface area (Å²) in [6.45, 7) is 7.92. The maximum Gasteiger partial charge on any atom is 0.255 e. The lowest BCUT2D eigenvalue weighted by Crippen LogP contribution is -2.53. The maximum absolute atomic E-state index is 13.3. The average Bonchev–Trinajstić information content (AvgIpc) is 3.19. The number of hydrogen-bond donors (Lipinski definition) is 1. The fourth-order valence-corrected chi connectivity index (χ4v) is 5.73. The molecule has 6 nitrogen and oxygen atoms in total. The number of benzene rings is 2. The van der Waals surface area contributed by atoms with Gasteiger partial charge in [0.2, 0.25) is 5.91 Å². The second kappa shape index (κ2) is 8.82. The summed E-state index contributed by atoms with van der Waals surface area (Å²) in [4.78, 5) is 32.1. The number of carbonyl (C=O) groups excluding carboxylic acids is 2. The Bertz CT molecular complexity index is 1050. The zero-order valence-electron chi connectivity index (χ0n) is 19.6. The molecular weight excluding hydrogens is 412 g/mol. The van der Waals surface area contributed by atoms with Crippen LogP contribution in [0.1, 0.15) is 70.9 Å². The predicted molar refractivity (Wildman–Crippen MR) is 130 cm³/mol. The third-order valence-corrected chi connectivity index (χ3v) is 7.83. The van der Waals surface area contributed by atoms with Gasteiger partial charge in [-0.3, -0.25) is 14.5 Å². The summed E-state index contributed by atoms with van der Waals surface area (Å²) in [6.07, 6.45) is 5.76. The Balaban J connectivity index is 1.24. The Hall–Kier alpha value is -2.86. The van der Waals surface area contributed by atoms with E-state index in [1.54, 1.807) is 6.07 Å². The first-order valence-corrected chi connectivity index (χ1v) is 12.2. The molecule has 6 heteroatoms. The third kappa shape index (κ3) is 4.24. The monoisotopic (exact) mass is 446 g/mol. The van der Waals surface area contributed by atoms with Crippen molar-refractivity contribution in [1.82, 2.24) is 9.80 Å². The molecule has 0 bridgehead atoms. The lowest BCUT2D eigenvalue weighted by Gasteiger charge is -2.45. The van der Waals surface area contributed by atoms with Gasteiger partial charge in [-0.2, -0.15) is 0 Å². The second-order valence-corrected chi connectivity index (χ2v) is 10.1. The van der Waals surface area contributed by atoms with E-state index in [9.17, 15) is 9.59 Å². The van der Waals surface area contributed by atoms with E-state index in [0.29, 0.717) is 17.7 Å². The van der Waals surface area contributed by atoms with E-state index < -0.39 is 5.91 Å². The molecule has 2 aromatic carbocycles. The largest absolute Gasteiger partial charge is 0.372 e. The SMILES string of the molecule is CC1(N2Cc3cccc(C(N)=O)c3C2=O)CCN(Cc2cccc(N3CCCCC3)c2)CC1. The van der Waals surface area contributed by atoms with Gasteiger partial charge in [-0.1, -0.05) is 24.3 Å². The van der Waals surface area contributed by atoms with Gasteiger partial charge < -0.3 is 15.5 Å². The van der Waals surface area contributed by atoms with Crippen LogP contribution in [0.25, 0.3) is 0 Å². The quantitative estimate of drug-likeness (QED) is 0.759. The average molecular weight is 447 g/mol. The fraction of sp³-hybridized carbons (Fsp3) is 0.481. The molecule has 2 N–H and O–H groups in total. The number of hydrogen-bond acceptors (Lipinski definition) is 4. The van der Waals surface area contributed by atoms with Crippen LogP contribution in [0.4, 0.5) is 5.69 Å². The summed E-state index contributed by atoms with van der Waals surface area (Å²) in [5.74, 6) is -0.585. The highest BCUT2D eigenvalue weighted by molar-refractivity contribution is 6.09. The van der Waals surface area contributed by atoms with E-state index in [2.05, 4.69) is 41.0 Å². The van der Waals surface area contributed by atoms with Crippen molar-refractivity contribution in [2.45, 2.75) is 57.7 Å². The number of anilines is 1.